The summed E-state index contributed by atoms with van der Waals surface area (Å²) in [5.74, 6) is -0.321. The Labute approximate surface area is 131 Å². The number of hydrogen-bond acceptors (Lipinski definition) is 3. The Balaban J connectivity index is 2.23. The van der Waals surface area contributed by atoms with Gasteiger partial charge in [0.25, 0.3) is 0 Å². The van der Waals surface area contributed by atoms with Crippen LogP contribution in [0.4, 0.5) is 10.1 Å². The highest BCUT2D eigenvalue weighted by Gasteiger charge is 2.10. The van der Waals surface area contributed by atoms with Crippen LogP contribution in [0.2, 0.25) is 0 Å². The zero-order chi connectivity index (χ0) is 15.6. The number of sulfonamides is 1. The SMILES string of the molecule is Cc1ccc(S(N)(=O)=O)cc1NCc1ccc(F)cc1Br. The van der Waals surface area contributed by atoms with E-state index in [9.17, 15) is 12.8 Å². The van der Waals surface area contributed by atoms with Crippen LogP contribution in [0.3, 0.4) is 0 Å². The Bertz CT molecular complexity index is 779. The van der Waals surface area contributed by atoms with Crippen molar-refractivity contribution in [1.29, 1.82) is 0 Å². The summed E-state index contributed by atoms with van der Waals surface area (Å²) in [6, 6.07) is 9.04. The van der Waals surface area contributed by atoms with Crippen LogP contribution >= 0.6 is 15.9 Å². The average Bonchev–Trinajstić information content (AvgIpc) is 2.38. The van der Waals surface area contributed by atoms with Crippen LogP contribution in [0.25, 0.3) is 0 Å². The maximum Gasteiger partial charge on any atom is 0.238 e. The molecule has 0 amide bonds. The number of nitrogens with one attached hydrogen (secondary N) is 1. The van der Waals surface area contributed by atoms with Crippen molar-refractivity contribution >= 4 is 31.6 Å². The Morgan fingerprint density at radius 1 is 1.24 bits per heavy atom. The molecule has 0 heterocycles. The van der Waals surface area contributed by atoms with Crippen molar-refractivity contribution in [2.24, 2.45) is 5.14 Å². The predicted molar refractivity (Wildman–Crippen MR) is 84.0 cm³/mol. The van der Waals surface area contributed by atoms with Crippen molar-refractivity contribution in [3.05, 3.63) is 57.8 Å². The molecule has 21 heavy (non-hydrogen) atoms. The van der Waals surface area contributed by atoms with Crippen molar-refractivity contribution in [2.45, 2.75) is 18.4 Å². The lowest BCUT2D eigenvalue weighted by Crippen LogP contribution is -2.13. The van der Waals surface area contributed by atoms with Gasteiger partial charge in [0.1, 0.15) is 5.82 Å². The van der Waals surface area contributed by atoms with E-state index in [0.29, 0.717) is 16.7 Å². The normalized spacial score (nSPS) is 11.4. The number of primary sulfonamides is 1. The molecule has 7 heteroatoms. The van der Waals surface area contributed by atoms with Crippen molar-refractivity contribution < 1.29 is 12.8 Å². The smallest absolute Gasteiger partial charge is 0.238 e. The van der Waals surface area contributed by atoms with Crippen molar-refractivity contribution in [3.63, 3.8) is 0 Å². The Hall–Kier alpha value is -1.44. The summed E-state index contributed by atoms with van der Waals surface area (Å²) in [6.07, 6.45) is 0. The van der Waals surface area contributed by atoms with Gasteiger partial charge in [0, 0.05) is 16.7 Å². The molecule has 0 atom stereocenters. The van der Waals surface area contributed by atoms with Crippen LogP contribution in [-0.4, -0.2) is 8.42 Å². The Morgan fingerprint density at radius 2 is 1.95 bits per heavy atom. The zero-order valence-electron chi connectivity index (χ0n) is 11.2. The average molecular weight is 373 g/mol. The number of nitrogens with two attached hydrogens (primary N) is 1. The van der Waals surface area contributed by atoms with Crippen LogP contribution in [0.15, 0.2) is 45.8 Å². The number of anilines is 1. The highest BCUT2D eigenvalue weighted by Crippen LogP contribution is 2.23. The first-order valence-electron chi connectivity index (χ1n) is 6.08. The molecule has 3 N–H and O–H groups in total. The molecule has 0 fully saturated rings. The van der Waals surface area contributed by atoms with Gasteiger partial charge in [0.15, 0.2) is 0 Å². The van der Waals surface area contributed by atoms with Crippen LogP contribution in [0, 0.1) is 12.7 Å². The molecule has 0 aromatic heterocycles. The van der Waals surface area contributed by atoms with Gasteiger partial charge in [-0.15, -0.1) is 0 Å². The maximum absolute atomic E-state index is 13.0. The van der Waals surface area contributed by atoms with Crippen LogP contribution in [-0.2, 0) is 16.6 Å². The van der Waals surface area contributed by atoms with Gasteiger partial charge >= 0.3 is 0 Å². The summed E-state index contributed by atoms with van der Waals surface area (Å²) in [5.41, 5.74) is 2.41. The molecule has 0 bridgehead atoms. The molecule has 0 saturated heterocycles. The molecule has 0 aliphatic rings. The van der Waals surface area contributed by atoms with E-state index in [2.05, 4.69) is 21.2 Å². The summed E-state index contributed by atoms with van der Waals surface area (Å²) < 4.78 is 36.4. The molecule has 0 aliphatic carbocycles. The first kappa shape index (κ1) is 15.9. The molecule has 0 aliphatic heterocycles. The minimum Gasteiger partial charge on any atom is -0.381 e. The quantitative estimate of drug-likeness (QED) is 0.865. The van der Waals surface area contributed by atoms with Gasteiger partial charge in [-0.05, 0) is 42.3 Å². The van der Waals surface area contributed by atoms with Gasteiger partial charge in [-0.3, -0.25) is 0 Å². The number of hydrogen-bond donors (Lipinski definition) is 2. The van der Waals surface area contributed by atoms with Gasteiger partial charge < -0.3 is 5.32 Å². The number of aryl methyl sites for hydroxylation is 1. The molecule has 2 aromatic rings. The zero-order valence-corrected chi connectivity index (χ0v) is 13.6. The monoisotopic (exact) mass is 372 g/mol. The summed E-state index contributed by atoms with van der Waals surface area (Å²) >= 11 is 3.29. The molecule has 0 radical (unpaired) electrons. The first-order valence-corrected chi connectivity index (χ1v) is 8.42. The van der Waals surface area contributed by atoms with Crippen molar-refractivity contribution in [1.82, 2.24) is 0 Å². The van der Waals surface area contributed by atoms with Crippen molar-refractivity contribution in [2.75, 3.05) is 5.32 Å². The third kappa shape index (κ3) is 4.03. The van der Waals surface area contributed by atoms with Crippen LogP contribution < -0.4 is 10.5 Å². The highest BCUT2D eigenvalue weighted by atomic mass is 79.9. The fourth-order valence-electron chi connectivity index (χ4n) is 1.82. The van der Waals surface area contributed by atoms with Gasteiger partial charge in [-0.2, -0.15) is 0 Å². The number of benzene rings is 2. The van der Waals surface area contributed by atoms with Crippen molar-refractivity contribution in [3.8, 4) is 0 Å². The molecule has 0 saturated carbocycles. The first-order chi connectivity index (χ1) is 9.77. The molecular formula is C14H14BrFN2O2S. The highest BCUT2D eigenvalue weighted by molar-refractivity contribution is 9.10. The summed E-state index contributed by atoms with van der Waals surface area (Å²) in [7, 11) is -3.74. The molecule has 2 aromatic carbocycles. The second-order valence-electron chi connectivity index (χ2n) is 4.61. The third-order valence-electron chi connectivity index (χ3n) is 3.02. The molecule has 112 valence electrons. The second-order valence-corrected chi connectivity index (χ2v) is 7.03. The topological polar surface area (TPSA) is 72.2 Å². The Morgan fingerprint density at radius 3 is 2.57 bits per heavy atom. The maximum atomic E-state index is 13.0. The van der Waals surface area contributed by atoms with E-state index in [-0.39, 0.29) is 10.7 Å². The molecular weight excluding hydrogens is 359 g/mol. The molecule has 0 unspecified atom stereocenters. The predicted octanol–water partition coefficient (Wildman–Crippen LogP) is 3.16. The third-order valence-corrected chi connectivity index (χ3v) is 4.67. The standard InChI is InChI=1S/C14H14BrFN2O2S/c1-9-2-5-12(21(17,19)20)7-14(9)18-8-10-3-4-11(16)6-13(10)15/h2-7,18H,8H2,1H3,(H2,17,19,20). The molecule has 0 spiro atoms. The Kier molecular flexibility index (Phi) is 4.65. The van der Waals surface area contributed by atoms with E-state index < -0.39 is 10.0 Å². The largest absolute Gasteiger partial charge is 0.381 e. The van der Waals surface area contributed by atoms with E-state index in [1.807, 2.05) is 6.92 Å². The van der Waals surface area contributed by atoms with E-state index in [0.717, 1.165) is 11.1 Å². The fourth-order valence-corrected chi connectivity index (χ4v) is 2.85. The van der Waals surface area contributed by atoms with E-state index in [1.165, 1.54) is 24.3 Å². The number of rotatable bonds is 4. The van der Waals surface area contributed by atoms with Crippen LogP contribution in [0.5, 0.6) is 0 Å². The molecule has 4 nitrogen and oxygen atoms in total. The number of halogens is 2. The van der Waals surface area contributed by atoms with E-state index >= 15 is 0 Å². The van der Waals surface area contributed by atoms with Gasteiger partial charge in [0.2, 0.25) is 10.0 Å². The van der Waals surface area contributed by atoms with Crippen LogP contribution in [0.1, 0.15) is 11.1 Å². The summed E-state index contributed by atoms with van der Waals surface area (Å²) in [6.45, 7) is 2.28. The van der Waals surface area contributed by atoms with Gasteiger partial charge in [-0.25, -0.2) is 17.9 Å². The lowest BCUT2D eigenvalue weighted by atomic mass is 10.1. The summed E-state index contributed by atoms with van der Waals surface area (Å²) in [4.78, 5) is 0.0498. The summed E-state index contributed by atoms with van der Waals surface area (Å²) in [5, 5.41) is 8.25. The van der Waals surface area contributed by atoms with Gasteiger partial charge in [-0.1, -0.05) is 28.1 Å². The lowest BCUT2D eigenvalue weighted by molar-refractivity contribution is 0.598. The van der Waals surface area contributed by atoms with Gasteiger partial charge in [0.05, 0.1) is 4.90 Å². The van der Waals surface area contributed by atoms with E-state index in [1.54, 1.807) is 12.1 Å². The minimum absolute atomic E-state index is 0.0498. The minimum atomic E-state index is -3.74. The lowest BCUT2D eigenvalue weighted by Gasteiger charge is -2.12. The fraction of sp³-hybridized carbons (Fsp3) is 0.143. The second kappa shape index (κ2) is 6.13. The van der Waals surface area contributed by atoms with E-state index in [4.69, 9.17) is 5.14 Å². The molecule has 2 rings (SSSR count).